The molecule has 0 atom stereocenters. The molecular formula is C5H4BBrF3N2O2-. The van der Waals surface area contributed by atoms with Gasteiger partial charge in [0.2, 0.25) is 0 Å². The van der Waals surface area contributed by atoms with Crippen LogP contribution in [-0.4, -0.2) is 16.5 Å². The van der Waals surface area contributed by atoms with E-state index in [4.69, 9.17) is 0 Å². The largest absolute Gasteiger partial charge is 0.497 e. The lowest BCUT2D eigenvalue weighted by Gasteiger charge is -2.14. The molecule has 0 aliphatic rings. The van der Waals surface area contributed by atoms with Crippen LogP contribution in [0.2, 0.25) is 0 Å². The van der Waals surface area contributed by atoms with E-state index in [1.807, 2.05) is 0 Å². The Morgan fingerprint density at radius 2 is 2.00 bits per heavy atom. The molecule has 0 amide bonds. The van der Waals surface area contributed by atoms with Crippen molar-refractivity contribution in [2.45, 2.75) is 6.44 Å². The van der Waals surface area contributed by atoms with Crippen molar-refractivity contribution in [1.82, 2.24) is 9.55 Å². The van der Waals surface area contributed by atoms with Crippen molar-refractivity contribution in [2.75, 3.05) is 0 Å². The Morgan fingerprint density at radius 3 is 2.50 bits per heavy atom. The SMILES string of the molecule is O=c1[nH]c(=O)n(C[B-](F)(F)F)cc1Br. The van der Waals surface area contributed by atoms with Gasteiger partial charge >= 0.3 is 12.7 Å². The first kappa shape index (κ1) is 11.1. The summed E-state index contributed by atoms with van der Waals surface area (Å²) in [7, 11) is 0. The van der Waals surface area contributed by atoms with Gasteiger partial charge in [0.25, 0.3) is 5.56 Å². The molecule has 0 fully saturated rings. The van der Waals surface area contributed by atoms with Crippen molar-refractivity contribution in [2.24, 2.45) is 0 Å². The Hall–Kier alpha value is -0.985. The van der Waals surface area contributed by atoms with Gasteiger partial charge in [-0.15, -0.1) is 0 Å². The van der Waals surface area contributed by atoms with Gasteiger partial charge in [-0.05, 0) is 22.4 Å². The lowest BCUT2D eigenvalue weighted by Crippen LogP contribution is -2.36. The molecule has 0 spiro atoms. The van der Waals surface area contributed by atoms with E-state index in [-0.39, 0.29) is 4.47 Å². The van der Waals surface area contributed by atoms with Crippen LogP contribution in [0, 0.1) is 0 Å². The molecule has 1 heterocycles. The molecule has 9 heteroatoms. The fourth-order valence-corrected chi connectivity index (χ4v) is 1.19. The molecule has 1 rings (SSSR count). The summed E-state index contributed by atoms with van der Waals surface area (Å²) in [6.07, 6.45) is -0.551. The van der Waals surface area contributed by atoms with E-state index in [1.165, 1.54) is 0 Å². The summed E-state index contributed by atoms with van der Waals surface area (Å²) in [4.78, 5) is 23.4. The van der Waals surface area contributed by atoms with Gasteiger partial charge in [0.05, 0.1) is 4.47 Å². The third kappa shape index (κ3) is 2.76. The summed E-state index contributed by atoms with van der Waals surface area (Å²) >= 11 is 2.72. The molecule has 0 radical (unpaired) electrons. The predicted molar refractivity (Wildman–Crippen MR) is 48.1 cm³/mol. The summed E-state index contributed by atoms with van der Waals surface area (Å²) in [6, 6.07) is 0. The highest BCUT2D eigenvalue weighted by atomic mass is 79.9. The second-order valence-corrected chi connectivity index (χ2v) is 3.45. The van der Waals surface area contributed by atoms with E-state index in [0.717, 1.165) is 6.20 Å². The van der Waals surface area contributed by atoms with Gasteiger partial charge in [0.1, 0.15) is 0 Å². The van der Waals surface area contributed by atoms with E-state index in [9.17, 15) is 22.5 Å². The molecule has 1 N–H and O–H groups in total. The van der Waals surface area contributed by atoms with Gasteiger partial charge in [-0.1, -0.05) is 0 Å². The fourth-order valence-electron chi connectivity index (χ4n) is 0.841. The summed E-state index contributed by atoms with van der Waals surface area (Å²) in [5, 5.41) is 0. The van der Waals surface area contributed by atoms with Crippen LogP contribution in [0.3, 0.4) is 0 Å². The van der Waals surface area contributed by atoms with Crippen LogP contribution in [0.25, 0.3) is 0 Å². The molecule has 0 bridgehead atoms. The van der Waals surface area contributed by atoms with Gasteiger partial charge in [-0.25, -0.2) is 4.79 Å². The standard InChI is InChI=1S/C5H4BBrF3N2O2/c7-3-1-12(2-6(8,9)10)5(14)11-4(3)13/h1H,2H2,(H,11,13,14)/q-1. The molecule has 0 aliphatic heterocycles. The van der Waals surface area contributed by atoms with Crippen molar-refractivity contribution in [1.29, 1.82) is 0 Å². The topological polar surface area (TPSA) is 54.9 Å². The smallest absolute Gasteiger partial charge is 0.448 e. The third-order valence-corrected chi connectivity index (χ3v) is 1.94. The van der Waals surface area contributed by atoms with Crippen LogP contribution in [0.1, 0.15) is 0 Å². The van der Waals surface area contributed by atoms with Crippen LogP contribution in [0.4, 0.5) is 12.9 Å². The summed E-state index contributed by atoms with van der Waals surface area (Å²) in [6.45, 7) is -5.11. The fraction of sp³-hybridized carbons (Fsp3) is 0.200. The number of hydrogen-bond donors (Lipinski definition) is 1. The van der Waals surface area contributed by atoms with Crippen molar-refractivity contribution >= 4 is 22.9 Å². The number of halogens is 4. The Kier molecular flexibility index (Phi) is 2.88. The number of aromatic amines is 1. The van der Waals surface area contributed by atoms with Crippen molar-refractivity contribution < 1.29 is 12.9 Å². The van der Waals surface area contributed by atoms with E-state index in [2.05, 4.69) is 15.9 Å². The highest BCUT2D eigenvalue weighted by Gasteiger charge is 2.24. The number of hydrogen-bond acceptors (Lipinski definition) is 2. The summed E-state index contributed by atoms with van der Waals surface area (Å²) in [5.74, 6) is 0. The minimum Gasteiger partial charge on any atom is -0.448 e. The number of nitrogens with zero attached hydrogens (tertiary/aromatic N) is 1. The van der Waals surface area contributed by atoms with Crippen molar-refractivity contribution in [3.63, 3.8) is 0 Å². The first-order valence-corrected chi connectivity index (χ1v) is 4.29. The molecule has 1 aromatic heterocycles. The van der Waals surface area contributed by atoms with E-state index >= 15 is 0 Å². The van der Waals surface area contributed by atoms with Crippen LogP contribution in [0.15, 0.2) is 20.3 Å². The Labute approximate surface area is 83.9 Å². The quantitative estimate of drug-likeness (QED) is 0.805. The van der Waals surface area contributed by atoms with Gasteiger partial charge in [-0.3, -0.25) is 9.78 Å². The normalized spacial score (nSPS) is 11.7. The number of H-pyrrole nitrogens is 1. The molecule has 4 nitrogen and oxygen atoms in total. The van der Waals surface area contributed by atoms with Crippen molar-refractivity contribution in [3.8, 4) is 0 Å². The lowest BCUT2D eigenvalue weighted by molar-refractivity contribution is 0.440. The second kappa shape index (κ2) is 3.64. The molecule has 0 aliphatic carbocycles. The van der Waals surface area contributed by atoms with E-state index in [0.29, 0.717) is 4.57 Å². The maximum absolute atomic E-state index is 11.9. The molecule has 0 saturated carbocycles. The van der Waals surface area contributed by atoms with Crippen LogP contribution >= 0.6 is 15.9 Å². The third-order valence-electron chi connectivity index (χ3n) is 1.37. The van der Waals surface area contributed by atoms with E-state index < -0.39 is 24.7 Å². The monoisotopic (exact) mass is 271 g/mol. The zero-order valence-corrected chi connectivity index (χ0v) is 8.22. The molecule has 1 aromatic rings. The van der Waals surface area contributed by atoms with Crippen molar-refractivity contribution in [3.05, 3.63) is 31.5 Å². The number of rotatable bonds is 2. The Morgan fingerprint density at radius 1 is 1.43 bits per heavy atom. The highest BCUT2D eigenvalue weighted by molar-refractivity contribution is 9.10. The zero-order valence-electron chi connectivity index (χ0n) is 6.64. The number of nitrogens with one attached hydrogen (secondary N) is 1. The Balaban J connectivity index is 3.18. The predicted octanol–water partition coefficient (Wildman–Crippen LogP) is 0.686. The molecule has 14 heavy (non-hydrogen) atoms. The molecule has 0 aromatic carbocycles. The maximum Gasteiger partial charge on any atom is 0.497 e. The van der Waals surface area contributed by atoms with E-state index in [1.54, 1.807) is 4.98 Å². The van der Waals surface area contributed by atoms with Crippen LogP contribution in [0.5, 0.6) is 0 Å². The molecule has 0 unspecified atom stereocenters. The van der Waals surface area contributed by atoms with Gasteiger partial charge in [0, 0.05) is 6.20 Å². The average Bonchev–Trinajstić information content (AvgIpc) is 1.97. The van der Waals surface area contributed by atoms with Gasteiger partial charge in [-0.2, -0.15) is 0 Å². The minimum absolute atomic E-state index is 0.114. The first-order valence-electron chi connectivity index (χ1n) is 3.50. The highest BCUT2D eigenvalue weighted by Crippen LogP contribution is 2.10. The van der Waals surface area contributed by atoms with Gasteiger partial charge in [0.15, 0.2) is 0 Å². The van der Waals surface area contributed by atoms with Gasteiger partial charge < -0.3 is 17.5 Å². The lowest BCUT2D eigenvalue weighted by atomic mass is 9.92. The maximum atomic E-state index is 11.9. The molecular weight excluding hydrogens is 268 g/mol. The summed E-state index contributed by atoms with van der Waals surface area (Å²) < 4.78 is 36.1. The average molecular weight is 272 g/mol. The molecule has 78 valence electrons. The first-order chi connectivity index (χ1) is 6.29. The zero-order chi connectivity index (χ0) is 10.9. The minimum atomic E-state index is -5.11. The second-order valence-electron chi connectivity index (χ2n) is 2.60. The summed E-state index contributed by atoms with van der Waals surface area (Å²) in [5.41, 5.74) is -1.82. The number of aromatic nitrogens is 2. The van der Waals surface area contributed by atoms with Crippen LogP contribution in [-0.2, 0) is 6.44 Å². The van der Waals surface area contributed by atoms with Crippen LogP contribution < -0.4 is 11.2 Å². The molecule has 0 saturated heterocycles. The Bertz CT molecular complexity index is 452.